The van der Waals surface area contributed by atoms with Crippen LogP contribution in [0.5, 0.6) is 0 Å². The Balaban J connectivity index is 1.56. The van der Waals surface area contributed by atoms with Crippen molar-refractivity contribution in [2.24, 2.45) is 0 Å². The third kappa shape index (κ3) is 4.79. The van der Waals surface area contributed by atoms with Gasteiger partial charge in [0, 0.05) is 17.1 Å². The summed E-state index contributed by atoms with van der Waals surface area (Å²) in [5.74, 6) is -0.847. The fourth-order valence-corrected chi connectivity index (χ4v) is 3.44. The van der Waals surface area contributed by atoms with E-state index in [1.54, 1.807) is 12.1 Å². The van der Waals surface area contributed by atoms with Crippen LogP contribution in [0.2, 0.25) is 0 Å². The van der Waals surface area contributed by atoms with E-state index in [2.05, 4.69) is 35.0 Å². The monoisotopic (exact) mass is 404 g/mol. The standard InChI is InChI=1S/C25H28N2O3/c1-16-6-9-22(14-17(16)2)20(5)26-24(28)15-30-25(29)21-10-12-23(13-11-21)27-18(3)7-8-19(27)4/h6-14,20H,15H2,1-5H3,(H,26,28)/t20-/m1/s1. The maximum absolute atomic E-state index is 12.3. The molecule has 5 heteroatoms. The van der Waals surface area contributed by atoms with Gasteiger partial charge in [-0.3, -0.25) is 4.79 Å². The van der Waals surface area contributed by atoms with Crippen LogP contribution in [-0.2, 0) is 9.53 Å². The van der Waals surface area contributed by atoms with Crippen LogP contribution < -0.4 is 5.32 Å². The van der Waals surface area contributed by atoms with Gasteiger partial charge in [-0.25, -0.2) is 4.79 Å². The quantitative estimate of drug-likeness (QED) is 0.604. The predicted molar refractivity (Wildman–Crippen MR) is 118 cm³/mol. The number of amides is 1. The van der Waals surface area contributed by atoms with E-state index < -0.39 is 5.97 Å². The molecule has 0 spiro atoms. The van der Waals surface area contributed by atoms with E-state index in [0.29, 0.717) is 5.56 Å². The Bertz CT molecular complexity index is 1040. The molecule has 156 valence electrons. The Labute approximate surface area is 177 Å². The summed E-state index contributed by atoms with van der Waals surface area (Å²) in [7, 11) is 0. The van der Waals surface area contributed by atoms with Crippen LogP contribution in [0.4, 0.5) is 0 Å². The molecule has 3 aromatic rings. The molecule has 2 aromatic carbocycles. The topological polar surface area (TPSA) is 60.3 Å². The molecule has 3 rings (SSSR count). The van der Waals surface area contributed by atoms with Crippen molar-refractivity contribution in [1.82, 2.24) is 9.88 Å². The maximum atomic E-state index is 12.3. The summed E-state index contributed by atoms with van der Waals surface area (Å²) in [6, 6.07) is 17.2. The number of esters is 1. The number of rotatable bonds is 6. The average Bonchev–Trinajstić information content (AvgIpc) is 3.06. The number of aromatic nitrogens is 1. The Kier molecular flexibility index (Phi) is 6.40. The molecular weight excluding hydrogens is 376 g/mol. The summed E-state index contributed by atoms with van der Waals surface area (Å²) in [4.78, 5) is 24.5. The van der Waals surface area contributed by atoms with Crippen molar-refractivity contribution < 1.29 is 14.3 Å². The van der Waals surface area contributed by atoms with Gasteiger partial charge in [0.15, 0.2) is 6.61 Å². The minimum Gasteiger partial charge on any atom is -0.452 e. The zero-order chi connectivity index (χ0) is 21.8. The molecule has 0 aliphatic heterocycles. The number of aryl methyl sites for hydroxylation is 4. The van der Waals surface area contributed by atoms with Gasteiger partial charge in [-0.15, -0.1) is 0 Å². The Morgan fingerprint density at radius 2 is 1.53 bits per heavy atom. The van der Waals surface area contributed by atoms with Crippen molar-refractivity contribution in [1.29, 1.82) is 0 Å². The highest BCUT2D eigenvalue weighted by Gasteiger charge is 2.14. The number of carbonyl (C=O) groups is 2. The van der Waals surface area contributed by atoms with Crippen LogP contribution in [0.15, 0.2) is 54.6 Å². The minimum absolute atomic E-state index is 0.164. The molecule has 0 fully saturated rings. The molecule has 0 saturated carbocycles. The lowest BCUT2D eigenvalue weighted by atomic mass is 10.0. The van der Waals surface area contributed by atoms with Gasteiger partial charge in [-0.05, 0) is 87.7 Å². The van der Waals surface area contributed by atoms with Crippen molar-refractivity contribution in [3.05, 3.63) is 88.2 Å². The Morgan fingerprint density at radius 1 is 0.900 bits per heavy atom. The summed E-state index contributed by atoms with van der Waals surface area (Å²) in [5.41, 5.74) is 7.04. The molecule has 1 amide bonds. The van der Waals surface area contributed by atoms with E-state index in [0.717, 1.165) is 22.6 Å². The first-order chi connectivity index (χ1) is 14.3. The largest absolute Gasteiger partial charge is 0.452 e. The summed E-state index contributed by atoms with van der Waals surface area (Å²) in [6.07, 6.45) is 0. The summed E-state index contributed by atoms with van der Waals surface area (Å²) >= 11 is 0. The fraction of sp³-hybridized carbons (Fsp3) is 0.280. The lowest BCUT2D eigenvalue weighted by Crippen LogP contribution is -2.31. The number of hydrogen-bond donors (Lipinski definition) is 1. The van der Waals surface area contributed by atoms with E-state index in [4.69, 9.17) is 4.74 Å². The van der Waals surface area contributed by atoms with E-state index in [9.17, 15) is 9.59 Å². The SMILES string of the molecule is Cc1ccc([C@@H](C)NC(=O)COC(=O)c2ccc(-n3c(C)ccc3C)cc2)cc1C. The summed E-state index contributed by atoms with van der Waals surface area (Å²) < 4.78 is 7.30. The molecule has 0 radical (unpaired) electrons. The van der Waals surface area contributed by atoms with Crippen LogP contribution in [0.25, 0.3) is 5.69 Å². The number of ether oxygens (including phenoxy) is 1. The summed E-state index contributed by atoms with van der Waals surface area (Å²) in [6.45, 7) is 9.76. The van der Waals surface area contributed by atoms with Crippen LogP contribution in [0.1, 0.15) is 51.4 Å². The van der Waals surface area contributed by atoms with Crippen molar-refractivity contribution in [2.75, 3.05) is 6.61 Å². The van der Waals surface area contributed by atoms with Crippen molar-refractivity contribution in [3.63, 3.8) is 0 Å². The molecule has 1 atom stereocenters. The van der Waals surface area contributed by atoms with E-state index in [1.807, 2.05) is 52.0 Å². The van der Waals surface area contributed by atoms with E-state index >= 15 is 0 Å². The van der Waals surface area contributed by atoms with Crippen LogP contribution in [0, 0.1) is 27.7 Å². The van der Waals surface area contributed by atoms with Gasteiger partial charge in [0.1, 0.15) is 0 Å². The lowest BCUT2D eigenvalue weighted by molar-refractivity contribution is -0.124. The van der Waals surface area contributed by atoms with Crippen molar-refractivity contribution >= 4 is 11.9 Å². The van der Waals surface area contributed by atoms with Crippen LogP contribution in [0.3, 0.4) is 0 Å². The normalized spacial score (nSPS) is 11.8. The van der Waals surface area contributed by atoms with E-state index in [-0.39, 0.29) is 18.6 Å². The second-order valence-electron chi connectivity index (χ2n) is 7.71. The molecule has 5 nitrogen and oxygen atoms in total. The van der Waals surface area contributed by atoms with Gasteiger partial charge in [-0.1, -0.05) is 18.2 Å². The minimum atomic E-state index is -0.517. The number of benzene rings is 2. The first-order valence-corrected chi connectivity index (χ1v) is 10.1. The molecule has 1 aromatic heterocycles. The fourth-order valence-electron chi connectivity index (χ4n) is 3.44. The van der Waals surface area contributed by atoms with Gasteiger partial charge in [0.2, 0.25) is 0 Å². The molecule has 0 aliphatic rings. The number of nitrogens with one attached hydrogen (secondary N) is 1. The van der Waals surface area contributed by atoms with Gasteiger partial charge in [0.05, 0.1) is 11.6 Å². The van der Waals surface area contributed by atoms with Gasteiger partial charge in [-0.2, -0.15) is 0 Å². The highest BCUT2D eigenvalue weighted by molar-refractivity contribution is 5.91. The first-order valence-electron chi connectivity index (χ1n) is 10.1. The molecule has 0 bridgehead atoms. The smallest absolute Gasteiger partial charge is 0.338 e. The Morgan fingerprint density at radius 3 is 2.13 bits per heavy atom. The first kappa shape index (κ1) is 21.4. The van der Waals surface area contributed by atoms with E-state index in [1.165, 1.54) is 11.1 Å². The molecular formula is C25H28N2O3. The highest BCUT2D eigenvalue weighted by Crippen LogP contribution is 2.18. The molecule has 30 heavy (non-hydrogen) atoms. The third-order valence-corrected chi connectivity index (χ3v) is 5.38. The summed E-state index contributed by atoms with van der Waals surface area (Å²) in [5, 5.41) is 2.87. The molecule has 1 heterocycles. The van der Waals surface area contributed by atoms with Gasteiger partial charge in [0.25, 0.3) is 5.91 Å². The van der Waals surface area contributed by atoms with Crippen molar-refractivity contribution in [2.45, 2.75) is 40.7 Å². The third-order valence-electron chi connectivity index (χ3n) is 5.38. The zero-order valence-electron chi connectivity index (χ0n) is 18.2. The second kappa shape index (κ2) is 8.99. The predicted octanol–water partition coefficient (Wildman–Crippen LogP) is 4.75. The van der Waals surface area contributed by atoms with Crippen molar-refractivity contribution in [3.8, 4) is 5.69 Å². The number of carbonyl (C=O) groups excluding carboxylic acids is 2. The molecule has 1 N–H and O–H groups in total. The molecule has 0 unspecified atom stereocenters. The van der Waals surface area contributed by atoms with Crippen LogP contribution in [-0.4, -0.2) is 23.1 Å². The molecule has 0 aliphatic carbocycles. The lowest BCUT2D eigenvalue weighted by Gasteiger charge is -2.16. The second-order valence-corrected chi connectivity index (χ2v) is 7.71. The maximum Gasteiger partial charge on any atom is 0.338 e. The number of nitrogens with zero attached hydrogens (tertiary/aromatic N) is 1. The Hall–Kier alpha value is -3.34. The van der Waals surface area contributed by atoms with Gasteiger partial charge < -0.3 is 14.6 Å². The highest BCUT2D eigenvalue weighted by atomic mass is 16.5. The zero-order valence-corrected chi connectivity index (χ0v) is 18.2. The number of hydrogen-bond acceptors (Lipinski definition) is 3. The average molecular weight is 405 g/mol. The molecule has 0 saturated heterocycles. The van der Waals surface area contributed by atoms with Gasteiger partial charge >= 0.3 is 5.97 Å². The van der Waals surface area contributed by atoms with Crippen LogP contribution >= 0.6 is 0 Å².